The minimum atomic E-state index is -4.41. The first kappa shape index (κ1) is 19.4. The number of halogens is 3. The molecule has 2 N–H and O–H groups in total. The highest BCUT2D eigenvalue weighted by Gasteiger charge is 2.29. The first-order valence-electron chi connectivity index (χ1n) is 8.16. The molecule has 1 unspecified atom stereocenters. The van der Waals surface area contributed by atoms with Crippen molar-refractivity contribution < 1.29 is 27.4 Å². The normalized spacial score (nSPS) is 17.6. The number of methoxy groups -OCH3 is 1. The number of alkyl halides is 3. The molecule has 25 heavy (non-hydrogen) atoms. The number of aryl methyl sites for hydroxylation is 1. The van der Waals surface area contributed by atoms with Crippen molar-refractivity contribution in [2.24, 2.45) is 11.7 Å². The van der Waals surface area contributed by atoms with E-state index in [0.29, 0.717) is 31.8 Å². The van der Waals surface area contributed by atoms with E-state index in [1.807, 2.05) is 4.90 Å². The molecule has 0 spiro atoms. The van der Waals surface area contributed by atoms with Crippen molar-refractivity contribution in [3.8, 4) is 11.5 Å². The molecule has 1 amide bonds. The number of nitrogens with zero attached hydrogens (tertiary/aromatic N) is 1. The van der Waals surface area contributed by atoms with E-state index in [-0.39, 0.29) is 17.4 Å². The number of nitrogens with two attached hydrogens (primary N) is 1. The molecule has 1 heterocycles. The number of amides is 1. The summed E-state index contributed by atoms with van der Waals surface area (Å²) >= 11 is 0. The van der Waals surface area contributed by atoms with Crippen molar-refractivity contribution in [1.82, 2.24) is 4.90 Å². The van der Waals surface area contributed by atoms with Crippen LogP contribution >= 0.6 is 0 Å². The second-order valence-corrected chi connectivity index (χ2v) is 6.12. The van der Waals surface area contributed by atoms with E-state index in [4.69, 9.17) is 15.2 Å². The predicted molar refractivity (Wildman–Crippen MR) is 86.6 cm³/mol. The molecule has 1 aliphatic rings. The summed E-state index contributed by atoms with van der Waals surface area (Å²) in [5.41, 5.74) is 6.43. The zero-order valence-electron chi connectivity index (χ0n) is 14.1. The van der Waals surface area contributed by atoms with E-state index in [9.17, 15) is 18.0 Å². The number of rotatable bonds is 7. The number of carbonyl (C=O) groups is 1. The molecule has 0 saturated carbocycles. The summed E-state index contributed by atoms with van der Waals surface area (Å²) in [6.45, 7) is 0.635. The number of carbonyl (C=O) groups excluding carboxylic acids is 1. The van der Waals surface area contributed by atoms with Gasteiger partial charge in [0.05, 0.1) is 7.11 Å². The van der Waals surface area contributed by atoms with Gasteiger partial charge < -0.3 is 20.1 Å². The summed E-state index contributed by atoms with van der Waals surface area (Å²) in [5.74, 6) is 0.681. The van der Waals surface area contributed by atoms with Gasteiger partial charge in [-0.3, -0.25) is 4.79 Å². The van der Waals surface area contributed by atoms with Crippen LogP contribution < -0.4 is 15.2 Å². The highest BCUT2D eigenvalue weighted by molar-refractivity contribution is 5.76. The Morgan fingerprint density at radius 2 is 2.12 bits per heavy atom. The van der Waals surface area contributed by atoms with Gasteiger partial charge in [-0.05, 0) is 43.0 Å². The first-order chi connectivity index (χ1) is 11.8. The molecule has 1 aliphatic heterocycles. The summed E-state index contributed by atoms with van der Waals surface area (Å²) in [4.78, 5) is 14.0. The van der Waals surface area contributed by atoms with E-state index >= 15 is 0 Å². The fourth-order valence-corrected chi connectivity index (χ4v) is 2.81. The van der Waals surface area contributed by atoms with Gasteiger partial charge in [-0.15, -0.1) is 0 Å². The summed E-state index contributed by atoms with van der Waals surface area (Å²) < 4.78 is 46.6. The minimum Gasteiger partial charge on any atom is -0.493 e. The van der Waals surface area contributed by atoms with Crippen molar-refractivity contribution in [2.75, 3.05) is 33.4 Å². The lowest BCUT2D eigenvalue weighted by Gasteiger charge is -2.17. The van der Waals surface area contributed by atoms with Gasteiger partial charge in [-0.25, -0.2) is 0 Å². The molecule has 1 atom stereocenters. The summed E-state index contributed by atoms with van der Waals surface area (Å²) in [6.07, 6.45) is -2.66. The molecule has 2 rings (SSSR count). The van der Waals surface area contributed by atoms with Gasteiger partial charge in [-0.2, -0.15) is 13.2 Å². The Hall–Kier alpha value is -1.96. The maximum absolute atomic E-state index is 12.3. The quantitative estimate of drug-likeness (QED) is 0.811. The van der Waals surface area contributed by atoms with Gasteiger partial charge in [0.2, 0.25) is 5.91 Å². The third-order valence-corrected chi connectivity index (χ3v) is 4.22. The zero-order chi connectivity index (χ0) is 18.4. The van der Waals surface area contributed by atoms with Crippen LogP contribution in [0.3, 0.4) is 0 Å². The van der Waals surface area contributed by atoms with Crippen LogP contribution in [0.5, 0.6) is 11.5 Å². The van der Waals surface area contributed by atoms with Crippen LogP contribution in [0.4, 0.5) is 13.2 Å². The molecule has 1 aromatic rings. The highest BCUT2D eigenvalue weighted by atomic mass is 19.4. The van der Waals surface area contributed by atoms with E-state index in [2.05, 4.69) is 0 Å². The molecule has 8 heteroatoms. The molecule has 0 aromatic heterocycles. The van der Waals surface area contributed by atoms with Gasteiger partial charge >= 0.3 is 6.18 Å². The van der Waals surface area contributed by atoms with Crippen LogP contribution in [-0.4, -0.2) is 50.3 Å². The summed E-state index contributed by atoms with van der Waals surface area (Å²) in [5, 5.41) is 0. The molecule has 1 saturated heterocycles. The molecule has 1 aromatic carbocycles. The maximum Gasteiger partial charge on any atom is 0.422 e. The van der Waals surface area contributed by atoms with Gasteiger partial charge in [0.1, 0.15) is 0 Å². The molecule has 1 fully saturated rings. The average Bonchev–Trinajstić information content (AvgIpc) is 3.06. The van der Waals surface area contributed by atoms with Gasteiger partial charge in [0.25, 0.3) is 0 Å². The maximum atomic E-state index is 12.3. The number of likely N-dealkylation sites (tertiary alicyclic amines) is 1. The van der Waals surface area contributed by atoms with Crippen molar-refractivity contribution in [3.05, 3.63) is 23.8 Å². The Bertz CT molecular complexity index is 593. The first-order valence-corrected chi connectivity index (χ1v) is 8.16. The lowest BCUT2D eigenvalue weighted by molar-refractivity contribution is -0.153. The van der Waals surface area contributed by atoms with Crippen LogP contribution in [0.15, 0.2) is 18.2 Å². The molecule has 0 aliphatic carbocycles. The zero-order valence-corrected chi connectivity index (χ0v) is 14.1. The fourth-order valence-electron chi connectivity index (χ4n) is 2.81. The number of benzene rings is 1. The van der Waals surface area contributed by atoms with Crippen LogP contribution in [-0.2, 0) is 11.2 Å². The second kappa shape index (κ2) is 8.42. The molecule has 140 valence electrons. The molecule has 5 nitrogen and oxygen atoms in total. The van der Waals surface area contributed by atoms with Crippen LogP contribution in [0.2, 0.25) is 0 Å². The Labute approximate surface area is 144 Å². The topological polar surface area (TPSA) is 64.8 Å². The molecule has 0 bridgehead atoms. The van der Waals surface area contributed by atoms with E-state index in [0.717, 1.165) is 18.5 Å². The SMILES string of the molecule is COc1cc(CCC(=O)N2CCC(CN)C2)ccc1OCC(F)(F)F. The number of hydrogen-bond acceptors (Lipinski definition) is 4. The Balaban J connectivity index is 1.91. The van der Waals surface area contributed by atoms with Gasteiger partial charge in [0.15, 0.2) is 18.1 Å². The van der Waals surface area contributed by atoms with E-state index in [1.54, 1.807) is 12.1 Å². The average molecular weight is 360 g/mol. The Morgan fingerprint density at radius 3 is 2.72 bits per heavy atom. The minimum absolute atomic E-state index is 0.0280. The number of ether oxygens (including phenoxy) is 2. The fraction of sp³-hybridized carbons (Fsp3) is 0.588. The standard InChI is InChI=1S/C17H23F3N2O3/c1-24-15-8-12(2-4-14(15)25-11-17(18,19)20)3-5-16(23)22-7-6-13(9-21)10-22/h2,4,8,13H,3,5-7,9-11,21H2,1H3. The van der Waals surface area contributed by atoms with Crippen molar-refractivity contribution >= 4 is 5.91 Å². The summed E-state index contributed by atoms with van der Waals surface area (Å²) in [6, 6.07) is 4.69. The largest absolute Gasteiger partial charge is 0.493 e. The van der Waals surface area contributed by atoms with E-state index < -0.39 is 12.8 Å². The molecular formula is C17H23F3N2O3. The van der Waals surface area contributed by atoms with Crippen molar-refractivity contribution in [3.63, 3.8) is 0 Å². The molecule has 0 radical (unpaired) electrons. The second-order valence-electron chi connectivity index (χ2n) is 6.12. The smallest absolute Gasteiger partial charge is 0.422 e. The van der Waals surface area contributed by atoms with Crippen LogP contribution in [0, 0.1) is 5.92 Å². The van der Waals surface area contributed by atoms with Crippen molar-refractivity contribution in [2.45, 2.75) is 25.4 Å². The Morgan fingerprint density at radius 1 is 1.36 bits per heavy atom. The Kier molecular flexibility index (Phi) is 6.52. The lowest BCUT2D eigenvalue weighted by atomic mass is 10.1. The number of hydrogen-bond donors (Lipinski definition) is 1. The van der Waals surface area contributed by atoms with E-state index in [1.165, 1.54) is 13.2 Å². The van der Waals surface area contributed by atoms with Crippen LogP contribution in [0.1, 0.15) is 18.4 Å². The monoisotopic (exact) mass is 360 g/mol. The van der Waals surface area contributed by atoms with Crippen molar-refractivity contribution in [1.29, 1.82) is 0 Å². The highest BCUT2D eigenvalue weighted by Crippen LogP contribution is 2.30. The van der Waals surface area contributed by atoms with Gasteiger partial charge in [-0.1, -0.05) is 6.07 Å². The third-order valence-electron chi connectivity index (χ3n) is 4.22. The summed E-state index contributed by atoms with van der Waals surface area (Å²) in [7, 11) is 1.36. The third kappa shape index (κ3) is 5.81. The lowest BCUT2D eigenvalue weighted by Crippen LogP contribution is -2.30. The predicted octanol–water partition coefficient (Wildman–Crippen LogP) is 2.38. The van der Waals surface area contributed by atoms with Gasteiger partial charge in [0, 0.05) is 19.5 Å². The molecular weight excluding hydrogens is 337 g/mol. The van der Waals surface area contributed by atoms with Crippen LogP contribution in [0.25, 0.3) is 0 Å².